The lowest BCUT2D eigenvalue weighted by Crippen LogP contribution is -2.66. The Hall–Kier alpha value is -2.07. The van der Waals surface area contributed by atoms with E-state index in [0.29, 0.717) is 0 Å². The zero-order chi connectivity index (χ0) is 28.8. The monoisotopic (exact) mass is 572 g/mol. The molecule has 214 valence electrons. The molecule has 1 heterocycles. The highest BCUT2D eigenvalue weighted by atomic mass is 32.2. The number of ketones is 1. The number of amides is 1. The molecule has 7 nitrogen and oxygen atoms in total. The molecular formula is C30H44N2O5SSi. The maximum absolute atomic E-state index is 14.0. The molecule has 0 radical (unpaired) electrons. The summed E-state index contributed by atoms with van der Waals surface area (Å²) in [5, 5.41) is 4.47. The van der Waals surface area contributed by atoms with Crippen LogP contribution in [0.3, 0.4) is 0 Å². The molecule has 1 saturated heterocycles. The lowest BCUT2D eigenvalue weighted by atomic mass is 9.76. The van der Waals surface area contributed by atoms with Crippen LogP contribution in [0.4, 0.5) is 0 Å². The SMILES string of the molecule is C[C@@H](O[Si](C)(C)C(C)(C)C)[C@H]1C(=O)N[C@@H]1[C@@H](C)C(=O)c1cc2ccccc2cc1S(=O)(=O)NC1CCCCC1. The summed E-state index contributed by atoms with van der Waals surface area (Å²) >= 11 is 0. The van der Waals surface area contributed by atoms with Gasteiger partial charge in [-0.25, -0.2) is 13.1 Å². The Morgan fingerprint density at radius 3 is 2.21 bits per heavy atom. The highest BCUT2D eigenvalue weighted by molar-refractivity contribution is 7.89. The maximum Gasteiger partial charge on any atom is 0.241 e. The summed E-state index contributed by atoms with van der Waals surface area (Å²) < 4.78 is 36.7. The van der Waals surface area contributed by atoms with Gasteiger partial charge in [-0.1, -0.05) is 71.2 Å². The Bertz CT molecular complexity index is 1340. The second kappa shape index (κ2) is 11.1. The number of rotatable bonds is 9. The van der Waals surface area contributed by atoms with E-state index in [2.05, 4.69) is 43.9 Å². The number of Topliss-reactive ketones (excluding diaryl/α,β-unsaturated/α-hetero) is 1. The van der Waals surface area contributed by atoms with Crippen molar-refractivity contribution in [3.05, 3.63) is 42.0 Å². The lowest BCUT2D eigenvalue weighted by Gasteiger charge is -2.47. The zero-order valence-electron chi connectivity index (χ0n) is 24.3. The fraction of sp³-hybridized carbons (Fsp3) is 0.600. The summed E-state index contributed by atoms with van der Waals surface area (Å²) in [5.74, 6) is -1.52. The number of sulfonamides is 1. The van der Waals surface area contributed by atoms with Crippen molar-refractivity contribution >= 4 is 40.8 Å². The standard InChI is InChI=1S/C30H44N2O5SSi/c1-19(27-26(29(34)31-27)20(2)37-39(6,7)30(3,4)5)28(33)24-17-21-13-11-12-14-22(21)18-25(24)38(35,36)32-23-15-9-8-10-16-23/h11-14,17-20,23,26-27,32H,8-10,15-16H2,1-7H3,(H,31,34)/t19-,20-,26-,27-/m1/s1. The number of nitrogens with one attached hydrogen (secondary N) is 2. The molecule has 1 aliphatic carbocycles. The highest BCUT2D eigenvalue weighted by Crippen LogP contribution is 2.40. The van der Waals surface area contributed by atoms with Crippen LogP contribution in [0.15, 0.2) is 41.3 Å². The second-order valence-corrected chi connectivity index (χ2v) is 19.4. The summed E-state index contributed by atoms with van der Waals surface area (Å²) in [7, 11) is -6.07. The van der Waals surface area contributed by atoms with E-state index in [0.717, 1.165) is 42.9 Å². The van der Waals surface area contributed by atoms with Gasteiger partial charge in [-0.2, -0.15) is 0 Å². The van der Waals surface area contributed by atoms with Crippen molar-refractivity contribution < 1.29 is 22.4 Å². The molecule has 2 aromatic rings. The van der Waals surface area contributed by atoms with Crippen molar-refractivity contribution in [2.75, 3.05) is 0 Å². The van der Waals surface area contributed by atoms with Crippen LogP contribution >= 0.6 is 0 Å². The van der Waals surface area contributed by atoms with Gasteiger partial charge in [0.1, 0.15) is 0 Å². The number of benzene rings is 2. The van der Waals surface area contributed by atoms with E-state index in [-0.39, 0.29) is 39.3 Å². The molecule has 1 saturated carbocycles. The third-order valence-electron chi connectivity index (χ3n) is 9.07. The van der Waals surface area contributed by atoms with E-state index in [4.69, 9.17) is 4.43 Å². The molecule has 2 aliphatic rings. The van der Waals surface area contributed by atoms with Crippen LogP contribution < -0.4 is 10.0 Å². The minimum absolute atomic E-state index is 0.0106. The van der Waals surface area contributed by atoms with Gasteiger partial charge in [0.25, 0.3) is 0 Å². The van der Waals surface area contributed by atoms with Gasteiger partial charge in [-0.3, -0.25) is 9.59 Å². The van der Waals surface area contributed by atoms with E-state index < -0.39 is 36.2 Å². The van der Waals surface area contributed by atoms with Gasteiger partial charge >= 0.3 is 0 Å². The molecular weight excluding hydrogens is 528 g/mol. The summed E-state index contributed by atoms with van der Waals surface area (Å²) in [5.41, 5.74) is 0.169. The molecule has 4 atom stereocenters. The lowest BCUT2D eigenvalue weighted by molar-refractivity contribution is -0.141. The zero-order valence-corrected chi connectivity index (χ0v) is 26.2. The van der Waals surface area contributed by atoms with Crippen LogP contribution in [0, 0.1) is 11.8 Å². The van der Waals surface area contributed by atoms with Crippen molar-refractivity contribution in [1.29, 1.82) is 0 Å². The van der Waals surface area contributed by atoms with E-state index in [1.165, 1.54) is 0 Å². The first-order valence-corrected chi connectivity index (χ1v) is 18.6. The normalized spacial score (nSPS) is 22.7. The Kier molecular flexibility index (Phi) is 8.49. The number of carbonyl (C=O) groups excluding carboxylic acids is 2. The van der Waals surface area contributed by atoms with E-state index in [1.54, 1.807) is 19.1 Å². The second-order valence-electron chi connectivity index (χ2n) is 12.9. The molecule has 0 aromatic heterocycles. The third kappa shape index (κ3) is 6.16. The van der Waals surface area contributed by atoms with Crippen molar-refractivity contribution in [1.82, 2.24) is 10.0 Å². The van der Waals surface area contributed by atoms with Crippen molar-refractivity contribution in [3.8, 4) is 0 Å². The first kappa shape index (κ1) is 29.9. The first-order chi connectivity index (χ1) is 18.1. The van der Waals surface area contributed by atoms with Gasteiger partial charge in [0.15, 0.2) is 14.1 Å². The minimum atomic E-state index is -3.93. The number of hydrogen-bond donors (Lipinski definition) is 2. The Balaban J connectivity index is 1.65. The number of carbonyl (C=O) groups is 2. The van der Waals surface area contributed by atoms with Crippen molar-refractivity contribution in [2.24, 2.45) is 11.8 Å². The maximum atomic E-state index is 14.0. The van der Waals surface area contributed by atoms with Crippen molar-refractivity contribution in [2.45, 2.75) is 108 Å². The predicted molar refractivity (Wildman–Crippen MR) is 158 cm³/mol. The molecule has 1 amide bonds. The van der Waals surface area contributed by atoms with Crippen LogP contribution in [-0.2, 0) is 19.2 Å². The number of fused-ring (bicyclic) bond motifs is 1. The van der Waals surface area contributed by atoms with Crippen LogP contribution in [0.25, 0.3) is 10.8 Å². The summed E-state index contributed by atoms with van der Waals surface area (Å²) in [6, 6.07) is 10.2. The third-order valence-corrected chi connectivity index (χ3v) is 15.2. The molecule has 0 bridgehead atoms. The van der Waals surface area contributed by atoms with E-state index in [1.807, 2.05) is 31.2 Å². The summed E-state index contributed by atoms with van der Waals surface area (Å²) in [6.07, 6.45) is 4.34. The average Bonchev–Trinajstić information content (AvgIpc) is 2.84. The Morgan fingerprint density at radius 2 is 1.64 bits per heavy atom. The highest BCUT2D eigenvalue weighted by Gasteiger charge is 2.50. The van der Waals surface area contributed by atoms with Gasteiger partial charge in [-0.05, 0) is 60.8 Å². The van der Waals surface area contributed by atoms with Gasteiger partial charge in [-0.15, -0.1) is 0 Å². The summed E-state index contributed by atoms with van der Waals surface area (Å²) in [6.45, 7) is 14.4. The predicted octanol–water partition coefficient (Wildman–Crippen LogP) is 5.79. The number of hydrogen-bond acceptors (Lipinski definition) is 5. The molecule has 39 heavy (non-hydrogen) atoms. The van der Waals surface area contributed by atoms with Gasteiger partial charge < -0.3 is 9.74 Å². The quantitative estimate of drug-likeness (QED) is 0.225. The minimum Gasteiger partial charge on any atom is -0.413 e. The summed E-state index contributed by atoms with van der Waals surface area (Å²) in [4.78, 5) is 26.7. The first-order valence-electron chi connectivity index (χ1n) is 14.2. The van der Waals surface area contributed by atoms with Crippen molar-refractivity contribution in [3.63, 3.8) is 0 Å². The fourth-order valence-corrected chi connectivity index (χ4v) is 8.58. The van der Waals surface area contributed by atoms with Crippen LogP contribution in [0.5, 0.6) is 0 Å². The van der Waals surface area contributed by atoms with Gasteiger partial charge in [0.05, 0.1) is 23.0 Å². The molecule has 1 aliphatic heterocycles. The Labute approximate surface area is 234 Å². The smallest absolute Gasteiger partial charge is 0.241 e. The van der Waals surface area contributed by atoms with Crippen LogP contribution in [0.1, 0.15) is 77.1 Å². The largest absolute Gasteiger partial charge is 0.413 e. The molecule has 9 heteroatoms. The fourth-order valence-electron chi connectivity index (χ4n) is 5.62. The van der Waals surface area contributed by atoms with Gasteiger partial charge in [0, 0.05) is 17.5 Å². The topological polar surface area (TPSA) is 102 Å². The molecule has 4 rings (SSSR count). The van der Waals surface area contributed by atoms with E-state index in [9.17, 15) is 18.0 Å². The molecule has 0 spiro atoms. The molecule has 2 N–H and O–H groups in total. The average molecular weight is 573 g/mol. The number of β-lactam (4-membered cyclic amide) rings is 1. The Morgan fingerprint density at radius 1 is 1.05 bits per heavy atom. The van der Waals surface area contributed by atoms with Crippen LogP contribution in [0.2, 0.25) is 18.1 Å². The molecule has 0 unspecified atom stereocenters. The molecule has 2 fully saturated rings. The van der Waals surface area contributed by atoms with Crippen LogP contribution in [-0.4, -0.2) is 46.6 Å². The van der Waals surface area contributed by atoms with Gasteiger partial charge in [0.2, 0.25) is 15.9 Å². The molecule has 2 aromatic carbocycles. The van der Waals surface area contributed by atoms with E-state index >= 15 is 0 Å².